The van der Waals surface area contributed by atoms with Crippen LogP contribution >= 0.6 is 0 Å². The Balaban J connectivity index is 2.36. The van der Waals surface area contributed by atoms with Crippen molar-refractivity contribution in [2.45, 2.75) is 0 Å². The van der Waals surface area contributed by atoms with Gasteiger partial charge in [-0.25, -0.2) is 9.18 Å². The van der Waals surface area contributed by atoms with Gasteiger partial charge in [0.25, 0.3) is 0 Å². The molecule has 1 saturated heterocycles. The van der Waals surface area contributed by atoms with Crippen molar-refractivity contribution >= 4 is 18.1 Å². The zero-order valence-electron chi connectivity index (χ0n) is 7.77. The minimum atomic E-state index is -0.599. The van der Waals surface area contributed by atoms with Crippen LogP contribution in [-0.2, 0) is 4.74 Å². The number of ether oxygens (including phenoxy) is 1. The second kappa shape index (κ2) is 3.68. The maximum Gasteiger partial charge on any atom is 0.414 e. The highest BCUT2D eigenvalue weighted by molar-refractivity contribution is 5.90. The molecule has 0 N–H and O–H groups in total. The van der Waals surface area contributed by atoms with Gasteiger partial charge in [0.15, 0.2) is 0 Å². The quantitative estimate of drug-likeness (QED) is 0.695. The molecule has 2 rings (SSSR count). The van der Waals surface area contributed by atoms with Crippen LogP contribution in [0.5, 0.6) is 0 Å². The normalized spacial score (nSPS) is 15.3. The van der Waals surface area contributed by atoms with Crippen LogP contribution in [0.1, 0.15) is 10.4 Å². The largest absolute Gasteiger partial charge is 0.447 e. The van der Waals surface area contributed by atoms with Crippen molar-refractivity contribution in [1.82, 2.24) is 0 Å². The molecule has 1 fully saturated rings. The van der Waals surface area contributed by atoms with Gasteiger partial charge in [-0.05, 0) is 18.2 Å². The molecular weight excluding hydrogens is 201 g/mol. The Morgan fingerprint density at radius 3 is 2.80 bits per heavy atom. The highest BCUT2D eigenvalue weighted by Gasteiger charge is 2.25. The molecule has 0 atom stereocenters. The number of benzene rings is 1. The number of hydrogen-bond donors (Lipinski definition) is 0. The molecule has 0 aromatic heterocycles. The summed E-state index contributed by atoms with van der Waals surface area (Å²) < 4.78 is 18.1. The number of carbonyl (C=O) groups is 2. The fourth-order valence-corrected chi connectivity index (χ4v) is 1.43. The molecular formula is C10H8FNO3. The Hall–Kier alpha value is -1.91. The summed E-state index contributed by atoms with van der Waals surface area (Å²) in [6.45, 7) is 0.587. The number of cyclic esters (lactones) is 1. The summed E-state index contributed by atoms with van der Waals surface area (Å²) in [7, 11) is 0. The van der Waals surface area contributed by atoms with Crippen molar-refractivity contribution in [3.05, 3.63) is 29.6 Å². The fraction of sp³-hybridized carbons (Fsp3) is 0.200. The summed E-state index contributed by atoms with van der Waals surface area (Å²) in [4.78, 5) is 22.7. The van der Waals surface area contributed by atoms with E-state index in [2.05, 4.69) is 4.74 Å². The van der Waals surface area contributed by atoms with Crippen molar-refractivity contribution in [3.8, 4) is 0 Å². The zero-order valence-corrected chi connectivity index (χ0v) is 7.77. The minimum Gasteiger partial charge on any atom is -0.447 e. The van der Waals surface area contributed by atoms with Gasteiger partial charge in [-0.3, -0.25) is 9.69 Å². The second-order valence-corrected chi connectivity index (χ2v) is 3.09. The Bertz CT molecular complexity index is 419. The van der Waals surface area contributed by atoms with Crippen LogP contribution in [0.2, 0.25) is 0 Å². The molecule has 1 aromatic carbocycles. The topological polar surface area (TPSA) is 46.6 Å². The van der Waals surface area contributed by atoms with Crippen molar-refractivity contribution in [2.24, 2.45) is 0 Å². The van der Waals surface area contributed by atoms with E-state index in [-0.39, 0.29) is 17.9 Å². The number of anilines is 1. The van der Waals surface area contributed by atoms with Gasteiger partial charge in [-0.2, -0.15) is 0 Å². The maximum absolute atomic E-state index is 13.5. The summed E-state index contributed by atoms with van der Waals surface area (Å²) in [5.41, 5.74) is 0.381. The van der Waals surface area contributed by atoms with Crippen LogP contribution in [0, 0.1) is 5.82 Å². The number of halogens is 1. The molecule has 0 aliphatic carbocycles. The summed E-state index contributed by atoms with van der Waals surface area (Å²) in [6.07, 6.45) is -0.0115. The van der Waals surface area contributed by atoms with Crippen molar-refractivity contribution < 1.29 is 18.7 Å². The summed E-state index contributed by atoms with van der Waals surface area (Å²) in [5.74, 6) is -0.599. The van der Waals surface area contributed by atoms with E-state index in [9.17, 15) is 14.0 Å². The second-order valence-electron chi connectivity index (χ2n) is 3.09. The van der Waals surface area contributed by atoms with Gasteiger partial charge in [0.1, 0.15) is 18.7 Å². The molecule has 0 saturated carbocycles. The van der Waals surface area contributed by atoms with Crippen molar-refractivity contribution in [3.63, 3.8) is 0 Å². The highest BCUT2D eigenvalue weighted by atomic mass is 19.1. The van der Waals surface area contributed by atoms with Crippen molar-refractivity contribution in [2.75, 3.05) is 18.1 Å². The number of rotatable bonds is 2. The highest BCUT2D eigenvalue weighted by Crippen LogP contribution is 2.22. The van der Waals surface area contributed by atoms with E-state index >= 15 is 0 Å². The monoisotopic (exact) mass is 209 g/mol. The molecule has 15 heavy (non-hydrogen) atoms. The number of hydrogen-bond acceptors (Lipinski definition) is 3. The van der Waals surface area contributed by atoms with Gasteiger partial charge >= 0.3 is 6.09 Å². The molecule has 0 spiro atoms. The van der Waals surface area contributed by atoms with E-state index in [0.29, 0.717) is 12.8 Å². The van der Waals surface area contributed by atoms with Crippen LogP contribution in [0.4, 0.5) is 14.9 Å². The molecule has 0 unspecified atom stereocenters. The third kappa shape index (κ3) is 1.68. The first-order valence-corrected chi connectivity index (χ1v) is 4.41. The minimum absolute atomic E-state index is 0.142. The third-order valence-corrected chi connectivity index (χ3v) is 2.16. The van der Waals surface area contributed by atoms with Crippen LogP contribution in [0.3, 0.4) is 0 Å². The summed E-state index contributed by atoms with van der Waals surface area (Å²) in [6, 6.07) is 3.94. The van der Waals surface area contributed by atoms with Gasteiger partial charge in [-0.15, -0.1) is 0 Å². The first kappa shape index (κ1) is 9.64. The Morgan fingerprint density at radius 1 is 1.47 bits per heavy atom. The van der Waals surface area contributed by atoms with Gasteiger partial charge < -0.3 is 4.74 Å². The lowest BCUT2D eigenvalue weighted by Gasteiger charge is -2.13. The average molecular weight is 209 g/mol. The lowest BCUT2D eigenvalue weighted by molar-refractivity contribution is 0.112. The van der Waals surface area contributed by atoms with Crippen molar-refractivity contribution in [1.29, 1.82) is 0 Å². The third-order valence-electron chi connectivity index (χ3n) is 2.16. The van der Waals surface area contributed by atoms with Crippen LogP contribution in [0.15, 0.2) is 18.2 Å². The van der Waals surface area contributed by atoms with Gasteiger partial charge in [0, 0.05) is 5.56 Å². The van der Waals surface area contributed by atoms with Crippen LogP contribution < -0.4 is 4.90 Å². The lowest BCUT2D eigenvalue weighted by atomic mass is 10.2. The van der Waals surface area contributed by atoms with Crippen LogP contribution in [0.25, 0.3) is 0 Å². The smallest absolute Gasteiger partial charge is 0.414 e. The van der Waals surface area contributed by atoms with Crippen LogP contribution in [-0.4, -0.2) is 25.5 Å². The van der Waals surface area contributed by atoms with E-state index in [4.69, 9.17) is 0 Å². The number of amides is 1. The number of aldehydes is 1. The van der Waals surface area contributed by atoms with E-state index in [1.807, 2.05) is 0 Å². The molecule has 1 amide bonds. The number of carbonyl (C=O) groups excluding carboxylic acids is 2. The van der Waals surface area contributed by atoms with E-state index < -0.39 is 11.9 Å². The van der Waals surface area contributed by atoms with E-state index in [1.54, 1.807) is 0 Å². The predicted molar refractivity (Wildman–Crippen MR) is 50.5 cm³/mol. The molecule has 1 aliphatic rings. The van der Waals surface area contributed by atoms with E-state index in [1.165, 1.54) is 17.0 Å². The fourth-order valence-electron chi connectivity index (χ4n) is 1.43. The molecule has 1 aliphatic heterocycles. The molecule has 1 heterocycles. The van der Waals surface area contributed by atoms with E-state index in [0.717, 1.165) is 6.07 Å². The van der Waals surface area contributed by atoms with Gasteiger partial charge in [0.2, 0.25) is 0 Å². The first-order valence-electron chi connectivity index (χ1n) is 4.41. The number of nitrogens with zero attached hydrogens (tertiary/aromatic N) is 1. The molecule has 0 bridgehead atoms. The maximum atomic E-state index is 13.5. The Labute approximate surface area is 85.2 Å². The Morgan fingerprint density at radius 2 is 2.27 bits per heavy atom. The lowest BCUT2D eigenvalue weighted by Crippen LogP contribution is -2.24. The molecule has 4 nitrogen and oxygen atoms in total. The summed E-state index contributed by atoms with van der Waals surface area (Å²) >= 11 is 0. The first-order chi connectivity index (χ1) is 7.22. The molecule has 1 aromatic rings. The average Bonchev–Trinajstić information content (AvgIpc) is 2.64. The zero-order chi connectivity index (χ0) is 10.8. The Kier molecular flexibility index (Phi) is 2.37. The standard InChI is InChI=1S/C10H8FNO3/c11-8-5-7(6-13)1-2-9(8)12-3-4-15-10(12)14/h1-2,5-6H,3-4H2. The van der Waals surface area contributed by atoms with Gasteiger partial charge in [-0.1, -0.05) is 0 Å². The molecule has 78 valence electrons. The van der Waals surface area contributed by atoms with Gasteiger partial charge in [0.05, 0.1) is 12.2 Å². The summed E-state index contributed by atoms with van der Waals surface area (Å²) in [5, 5.41) is 0. The molecule has 5 heteroatoms. The SMILES string of the molecule is O=Cc1ccc(N2CCOC2=O)c(F)c1. The predicted octanol–water partition coefficient (Wildman–Crippen LogP) is 1.59. The molecule has 0 radical (unpaired) electrons.